The lowest BCUT2D eigenvalue weighted by molar-refractivity contribution is -0.156. The van der Waals surface area contributed by atoms with Gasteiger partial charge in [0.15, 0.2) is 6.10 Å². The van der Waals surface area contributed by atoms with Crippen LogP contribution in [0.15, 0.2) is 88.7 Å². The van der Waals surface area contributed by atoms with Gasteiger partial charge in [-0.3, -0.25) is 0 Å². The maximum absolute atomic E-state index is 13.4. The molecule has 0 radical (unpaired) electrons. The van der Waals surface area contributed by atoms with Gasteiger partial charge < -0.3 is 18.9 Å². The minimum atomic E-state index is -3.93. The zero-order chi connectivity index (χ0) is 30.4. The van der Waals surface area contributed by atoms with Crippen molar-refractivity contribution < 1.29 is 37.0 Å². The van der Waals surface area contributed by atoms with Gasteiger partial charge in [0.2, 0.25) is 9.84 Å². The van der Waals surface area contributed by atoms with E-state index in [4.69, 9.17) is 18.9 Å². The molecule has 1 atom stereocenters. The van der Waals surface area contributed by atoms with Crippen LogP contribution in [0.1, 0.15) is 54.6 Å². The number of benzene rings is 3. The van der Waals surface area contributed by atoms with Crippen molar-refractivity contribution in [2.75, 3.05) is 26.9 Å². The van der Waals surface area contributed by atoms with Gasteiger partial charge in [-0.1, -0.05) is 42.5 Å². The molecule has 0 bridgehead atoms. The molecule has 224 valence electrons. The third kappa shape index (κ3) is 9.56. The molecule has 3 aromatic carbocycles. The molecule has 3 rings (SSSR count). The number of hydrogen-bond acceptors (Lipinski definition) is 8. The normalized spacial score (nSPS) is 12.2. The van der Waals surface area contributed by atoms with Crippen molar-refractivity contribution in [2.45, 2.75) is 55.4 Å². The smallest absolute Gasteiger partial charge is 0.338 e. The number of carbonyl (C=O) groups excluding carboxylic acids is 2. The van der Waals surface area contributed by atoms with E-state index < -0.39 is 27.9 Å². The average Bonchev–Trinajstić information content (AvgIpc) is 3.00. The Morgan fingerprint density at radius 2 is 1.55 bits per heavy atom. The first-order valence-electron chi connectivity index (χ1n) is 14.0. The lowest BCUT2D eigenvalue weighted by Crippen LogP contribution is -2.29. The SMILES string of the molecule is CCOC(=O)c1cccc(S(=O)(=O)c2cccc(CC(OCCCCC=Cc3ccc(OC)cc3)C(=O)OCC)c2)c1. The highest BCUT2D eigenvalue weighted by Gasteiger charge is 2.24. The van der Waals surface area contributed by atoms with Crippen LogP contribution in [0.25, 0.3) is 6.08 Å². The van der Waals surface area contributed by atoms with E-state index in [1.807, 2.05) is 24.3 Å². The molecule has 0 fully saturated rings. The summed E-state index contributed by atoms with van der Waals surface area (Å²) in [7, 11) is -2.29. The second-order valence-electron chi connectivity index (χ2n) is 9.39. The van der Waals surface area contributed by atoms with Crippen LogP contribution in [0.4, 0.5) is 0 Å². The van der Waals surface area contributed by atoms with Crippen molar-refractivity contribution in [3.05, 3.63) is 95.6 Å². The summed E-state index contributed by atoms with van der Waals surface area (Å²) in [5.74, 6) is -0.270. The number of carbonyl (C=O) groups is 2. The van der Waals surface area contributed by atoms with Gasteiger partial charge in [-0.25, -0.2) is 18.0 Å². The third-order valence-electron chi connectivity index (χ3n) is 6.35. The maximum Gasteiger partial charge on any atom is 0.338 e. The molecule has 0 N–H and O–H groups in total. The van der Waals surface area contributed by atoms with E-state index in [2.05, 4.69) is 12.2 Å². The zero-order valence-corrected chi connectivity index (χ0v) is 25.1. The van der Waals surface area contributed by atoms with Crippen LogP contribution in [0.2, 0.25) is 0 Å². The standard InChI is InChI=1S/C33H38O8S/c1-4-39-32(34)27-14-11-16-30(24-27)42(36,37)29-15-10-13-26(22-29)23-31(33(35)40-5-2)41-21-9-7-6-8-12-25-17-19-28(38-3)20-18-25/h8,10-20,22,24,31H,4-7,9,21,23H2,1-3H3. The number of esters is 2. The number of sulfone groups is 1. The lowest BCUT2D eigenvalue weighted by atomic mass is 10.1. The Kier molecular flexibility index (Phi) is 12.8. The van der Waals surface area contributed by atoms with Gasteiger partial charge in [-0.05, 0) is 86.7 Å². The molecule has 42 heavy (non-hydrogen) atoms. The molecule has 0 spiro atoms. The Morgan fingerprint density at radius 3 is 2.24 bits per heavy atom. The molecule has 0 aliphatic rings. The average molecular weight is 595 g/mol. The minimum absolute atomic E-state index is 0.0237. The molecule has 0 aromatic heterocycles. The van der Waals surface area contributed by atoms with Gasteiger partial charge in [0, 0.05) is 13.0 Å². The summed E-state index contributed by atoms with van der Waals surface area (Å²) in [5.41, 5.74) is 1.85. The number of unbranched alkanes of at least 4 members (excludes halogenated alkanes) is 2. The first kappa shape index (κ1) is 32.6. The van der Waals surface area contributed by atoms with Gasteiger partial charge in [0.1, 0.15) is 5.75 Å². The predicted molar refractivity (Wildman–Crippen MR) is 160 cm³/mol. The van der Waals surface area contributed by atoms with Crippen LogP contribution in [0.5, 0.6) is 5.75 Å². The van der Waals surface area contributed by atoms with E-state index in [9.17, 15) is 18.0 Å². The third-order valence-corrected chi connectivity index (χ3v) is 8.09. The van der Waals surface area contributed by atoms with E-state index in [0.29, 0.717) is 12.2 Å². The Hall–Kier alpha value is -3.95. The Morgan fingerprint density at radius 1 is 0.857 bits per heavy atom. The van der Waals surface area contributed by atoms with Crippen LogP contribution in [-0.2, 0) is 35.3 Å². The predicted octanol–water partition coefficient (Wildman–Crippen LogP) is 6.08. The molecule has 0 aliphatic heterocycles. The van der Waals surface area contributed by atoms with E-state index in [0.717, 1.165) is 30.6 Å². The van der Waals surface area contributed by atoms with E-state index in [1.165, 1.54) is 36.4 Å². The highest BCUT2D eigenvalue weighted by Crippen LogP contribution is 2.24. The first-order valence-corrected chi connectivity index (χ1v) is 15.5. The largest absolute Gasteiger partial charge is 0.497 e. The highest BCUT2D eigenvalue weighted by atomic mass is 32.2. The maximum atomic E-state index is 13.4. The van der Waals surface area contributed by atoms with Crippen LogP contribution in [0, 0.1) is 0 Å². The van der Waals surface area contributed by atoms with Crippen LogP contribution in [-0.4, -0.2) is 53.4 Å². The van der Waals surface area contributed by atoms with E-state index in [-0.39, 0.29) is 35.0 Å². The Balaban J connectivity index is 1.61. The molecule has 1 unspecified atom stereocenters. The number of methoxy groups -OCH3 is 1. The molecule has 0 saturated carbocycles. The van der Waals surface area contributed by atoms with Gasteiger partial charge in [0.05, 0.1) is 35.7 Å². The molecule has 0 amide bonds. The summed E-state index contributed by atoms with van der Waals surface area (Å²) >= 11 is 0. The molecular weight excluding hydrogens is 556 g/mol. The fourth-order valence-electron chi connectivity index (χ4n) is 4.16. The van der Waals surface area contributed by atoms with Crippen LogP contribution < -0.4 is 4.74 Å². The van der Waals surface area contributed by atoms with Crippen molar-refractivity contribution in [1.29, 1.82) is 0 Å². The minimum Gasteiger partial charge on any atom is -0.497 e. The molecule has 0 aliphatic carbocycles. The fraction of sp³-hybridized carbons (Fsp3) is 0.333. The summed E-state index contributed by atoms with van der Waals surface area (Å²) in [6.07, 6.45) is 5.91. The molecule has 8 nitrogen and oxygen atoms in total. The van der Waals surface area contributed by atoms with Crippen molar-refractivity contribution in [2.24, 2.45) is 0 Å². The molecule has 0 heterocycles. The Bertz CT molecular complexity index is 1440. The topological polar surface area (TPSA) is 105 Å². The number of hydrogen-bond donors (Lipinski definition) is 0. The van der Waals surface area contributed by atoms with Crippen molar-refractivity contribution in [3.63, 3.8) is 0 Å². The van der Waals surface area contributed by atoms with Crippen LogP contribution >= 0.6 is 0 Å². The van der Waals surface area contributed by atoms with E-state index in [1.54, 1.807) is 33.1 Å². The molecule has 0 saturated heterocycles. The first-order chi connectivity index (χ1) is 20.3. The lowest BCUT2D eigenvalue weighted by Gasteiger charge is -2.17. The van der Waals surface area contributed by atoms with Gasteiger partial charge in [0.25, 0.3) is 0 Å². The van der Waals surface area contributed by atoms with Gasteiger partial charge in [-0.2, -0.15) is 0 Å². The summed E-state index contributed by atoms with van der Waals surface area (Å²) < 4.78 is 48.0. The molecular formula is C33H38O8S. The monoisotopic (exact) mass is 594 g/mol. The summed E-state index contributed by atoms with van der Waals surface area (Å²) in [5, 5.41) is 0. The van der Waals surface area contributed by atoms with Crippen molar-refractivity contribution in [1.82, 2.24) is 0 Å². The summed E-state index contributed by atoms with van der Waals surface area (Å²) in [6, 6.07) is 19.9. The highest BCUT2D eigenvalue weighted by molar-refractivity contribution is 7.91. The summed E-state index contributed by atoms with van der Waals surface area (Å²) in [6.45, 7) is 4.16. The van der Waals surface area contributed by atoms with Crippen LogP contribution in [0.3, 0.4) is 0 Å². The van der Waals surface area contributed by atoms with Gasteiger partial charge in [-0.15, -0.1) is 0 Å². The molecule has 9 heteroatoms. The van der Waals surface area contributed by atoms with Crippen molar-refractivity contribution >= 4 is 27.9 Å². The molecule has 3 aromatic rings. The fourth-order valence-corrected chi connectivity index (χ4v) is 5.54. The second-order valence-corrected chi connectivity index (χ2v) is 11.3. The van der Waals surface area contributed by atoms with E-state index >= 15 is 0 Å². The number of ether oxygens (including phenoxy) is 4. The van der Waals surface area contributed by atoms with Crippen molar-refractivity contribution in [3.8, 4) is 5.75 Å². The second kappa shape index (κ2) is 16.5. The Labute approximate surface area is 248 Å². The van der Waals surface area contributed by atoms with Gasteiger partial charge >= 0.3 is 11.9 Å². The number of allylic oxidation sites excluding steroid dienone is 1. The summed E-state index contributed by atoms with van der Waals surface area (Å²) in [4.78, 5) is 24.8. The number of rotatable bonds is 16. The zero-order valence-electron chi connectivity index (χ0n) is 24.3. The quantitative estimate of drug-likeness (QED) is 0.145.